The monoisotopic (exact) mass is 326 g/mol. The molecule has 0 aliphatic rings. The summed E-state index contributed by atoms with van der Waals surface area (Å²) in [5.41, 5.74) is -1.31. The Morgan fingerprint density at radius 3 is 1.57 bits per heavy atom. The average molecular weight is 326 g/mol. The molecule has 0 saturated carbocycles. The molecule has 0 bridgehead atoms. The molecule has 2 rings (SSSR count). The Morgan fingerprint density at radius 1 is 0.870 bits per heavy atom. The van der Waals surface area contributed by atoms with Crippen molar-refractivity contribution in [3.63, 3.8) is 0 Å². The van der Waals surface area contributed by atoms with Gasteiger partial charge in [-0.2, -0.15) is 5.26 Å². The van der Waals surface area contributed by atoms with Gasteiger partial charge in [0, 0.05) is 10.6 Å². The van der Waals surface area contributed by atoms with Crippen LogP contribution in [0.25, 0.3) is 0 Å². The summed E-state index contributed by atoms with van der Waals surface area (Å²) in [6, 6.07) is 21.0. The standard InChI is InChI=1S/C19H23N2OP/c1-18(2,3)19(4,15-20)21-23(22,16-11-7-5-8-12-16)17-13-9-6-10-14-17/h5-14H,1-4H3,(H,21,22)/t19-/m1/s1. The van der Waals surface area contributed by atoms with Crippen molar-refractivity contribution in [3.05, 3.63) is 60.7 Å². The number of benzene rings is 2. The molecule has 0 unspecified atom stereocenters. The van der Waals surface area contributed by atoms with Crippen molar-refractivity contribution < 1.29 is 4.57 Å². The molecule has 1 atom stereocenters. The summed E-state index contributed by atoms with van der Waals surface area (Å²) < 4.78 is 14.0. The lowest BCUT2D eigenvalue weighted by molar-refractivity contribution is 0.248. The number of nitrogens with one attached hydrogen (secondary N) is 1. The maximum absolute atomic E-state index is 14.0. The molecule has 0 saturated heterocycles. The van der Waals surface area contributed by atoms with E-state index in [1.54, 1.807) is 0 Å². The predicted octanol–water partition coefficient (Wildman–Crippen LogP) is 3.83. The topological polar surface area (TPSA) is 52.9 Å². The van der Waals surface area contributed by atoms with Crippen LogP contribution >= 0.6 is 7.29 Å². The number of hydrogen-bond donors (Lipinski definition) is 1. The van der Waals surface area contributed by atoms with Gasteiger partial charge < -0.3 is 0 Å². The van der Waals surface area contributed by atoms with E-state index >= 15 is 0 Å². The van der Waals surface area contributed by atoms with E-state index in [2.05, 4.69) is 11.2 Å². The van der Waals surface area contributed by atoms with Crippen LogP contribution in [-0.2, 0) is 4.57 Å². The van der Waals surface area contributed by atoms with Crippen LogP contribution < -0.4 is 15.7 Å². The summed E-state index contributed by atoms with van der Waals surface area (Å²) >= 11 is 0. The molecule has 0 radical (unpaired) electrons. The van der Waals surface area contributed by atoms with Crippen molar-refractivity contribution in [2.24, 2.45) is 5.41 Å². The van der Waals surface area contributed by atoms with Gasteiger partial charge in [-0.3, -0.25) is 4.57 Å². The van der Waals surface area contributed by atoms with Gasteiger partial charge in [-0.15, -0.1) is 0 Å². The SMILES string of the molecule is CC(C)(C)[C@@](C)(C#N)NP(=O)(c1ccccc1)c1ccccc1. The lowest BCUT2D eigenvalue weighted by Crippen LogP contribution is -2.52. The first-order valence-corrected chi connectivity index (χ1v) is 9.36. The number of rotatable bonds is 4. The fourth-order valence-electron chi connectivity index (χ4n) is 2.23. The van der Waals surface area contributed by atoms with Gasteiger partial charge in [0.25, 0.3) is 0 Å². The minimum atomic E-state index is -3.13. The zero-order chi connectivity index (χ0) is 17.1. The van der Waals surface area contributed by atoms with E-state index in [1.807, 2.05) is 88.4 Å². The molecule has 120 valence electrons. The quantitative estimate of drug-likeness (QED) is 0.869. The number of hydrogen-bond acceptors (Lipinski definition) is 2. The molecule has 0 aromatic heterocycles. The van der Waals surface area contributed by atoms with Crippen LogP contribution in [0.15, 0.2) is 60.7 Å². The predicted molar refractivity (Wildman–Crippen MR) is 96.4 cm³/mol. The number of nitrogens with zero attached hydrogens (tertiary/aromatic N) is 1. The third kappa shape index (κ3) is 3.39. The molecule has 1 N–H and O–H groups in total. The van der Waals surface area contributed by atoms with Crippen LogP contribution in [-0.4, -0.2) is 5.54 Å². The summed E-state index contributed by atoms with van der Waals surface area (Å²) in [5.74, 6) is 0. The third-order valence-corrected chi connectivity index (χ3v) is 7.16. The normalized spacial score (nSPS) is 14.7. The van der Waals surface area contributed by atoms with Crippen LogP contribution in [0.5, 0.6) is 0 Å². The van der Waals surface area contributed by atoms with E-state index < -0.39 is 12.8 Å². The van der Waals surface area contributed by atoms with Gasteiger partial charge >= 0.3 is 0 Å². The van der Waals surface area contributed by atoms with Crippen LogP contribution in [0, 0.1) is 16.7 Å². The average Bonchev–Trinajstić information content (AvgIpc) is 2.55. The summed E-state index contributed by atoms with van der Waals surface area (Å²) in [4.78, 5) is 0. The molecule has 4 heteroatoms. The zero-order valence-corrected chi connectivity index (χ0v) is 15.0. The maximum atomic E-state index is 14.0. The Hall–Kier alpha value is -1.88. The second-order valence-corrected chi connectivity index (χ2v) is 9.35. The molecular formula is C19H23N2OP. The van der Waals surface area contributed by atoms with Gasteiger partial charge in [0.2, 0.25) is 7.29 Å². The fourth-order valence-corrected chi connectivity index (χ4v) is 4.98. The zero-order valence-electron chi connectivity index (χ0n) is 14.1. The summed E-state index contributed by atoms with van der Waals surface area (Å²) in [5, 5.41) is 14.4. The van der Waals surface area contributed by atoms with Gasteiger partial charge in [0.1, 0.15) is 5.54 Å². The van der Waals surface area contributed by atoms with E-state index in [0.717, 1.165) is 0 Å². The summed E-state index contributed by atoms with van der Waals surface area (Å²) in [6.07, 6.45) is 0. The van der Waals surface area contributed by atoms with Gasteiger partial charge in [-0.05, 0) is 36.6 Å². The lowest BCUT2D eigenvalue weighted by atomic mass is 9.77. The van der Waals surface area contributed by atoms with Gasteiger partial charge in [0.05, 0.1) is 6.07 Å². The van der Waals surface area contributed by atoms with Crippen molar-refractivity contribution in [1.29, 1.82) is 5.26 Å². The molecular weight excluding hydrogens is 303 g/mol. The molecule has 0 aliphatic carbocycles. The van der Waals surface area contributed by atoms with Crippen LogP contribution in [0.1, 0.15) is 27.7 Å². The van der Waals surface area contributed by atoms with Crippen molar-refractivity contribution in [3.8, 4) is 6.07 Å². The maximum Gasteiger partial charge on any atom is 0.205 e. The Morgan fingerprint density at radius 2 is 1.26 bits per heavy atom. The molecule has 2 aromatic carbocycles. The molecule has 2 aromatic rings. The molecule has 23 heavy (non-hydrogen) atoms. The van der Waals surface area contributed by atoms with E-state index in [0.29, 0.717) is 10.6 Å². The highest BCUT2D eigenvalue weighted by Gasteiger charge is 2.44. The Bertz CT molecular complexity index is 701. The van der Waals surface area contributed by atoms with Crippen LogP contribution in [0.3, 0.4) is 0 Å². The molecule has 0 amide bonds. The van der Waals surface area contributed by atoms with Crippen LogP contribution in [0.2, 0.25) is 0 Å². The highest BCUT2D eigenvalue weighted by atomic mass is 31.2. The first-order valence-electron chi connectivity index (χ1n) is 7.65. The Kier molecular flexibility index (Phi) is 4.80. The summed E-state index contributed by atoms with van der Waals surface area (Å²) in [7, 11) is -3.13. The van der Waals surface area contributed by atoms with E-state index in [4.69, 9.17) is 0 Å². The first-order chi connectivity index (χ1) is 10.7. The molecule has 0 spiro atoms. The third-order valence-electron chi connectivity index (χ3n) is 4.34. The molecule has 0 aliphatic heterocycles. The highest BCUT2D eigenvalue weighted by Crippen LogP contribution is 2.45. The largest absolute Gasteiger partial charge is 0.296 e. The highest BCUT2D eigenvalue weighted by molar-refractivity contribution is 7.77. The summed E-state index contributed by atoms with van der Waals surface area (Å²) in [6.45, 7) is 7.74. The van der Waals surface area contributed by atoms with E-state index in [-0.39, 0.29) is 5.41 Å². The van der Waals surface area contributed by atoms with E-state index in [9.17, 15) is 9.83 Å². The minimum Gasteiger partial charge on any atom is -0.296 e. The van der Waals surface area contributed by atoms with Crippen molar-refractivity contribution in [2.75, 3.05) is 0 Å². The van der Waals surface area contributed by atoms with Crippen molar-refractivity contribution in [1.82, 2.24) is 5.09 Å². The fraction of sp³-hybridized carbons (Fsp3) is 0.316. The van der Waals surface area contributed by atoms with Crippen molar-refractivity contribution >= 4 is 17.9 Å². The van der Waals surface area contributed by atoms with Crippen LogP contribution in [0.4, 0.5) is 0 Å². The van der Waals surface area contributed by atoms with E-state index in [1.165, 1.54) is 0 Å². The smallest absolute Gasteiger partial charge is 0.205 e. The molecule has 3 nitrogen and oxygen atoms in total. The Labute approximate surface area is 138 Å². The second kappa shape index (κ2) is 6.32. The van der Waals surface area contributed by atoms with Gasteiger partial charge in [-0.1, -0.05) is 57.2 Å². The second-order valence-electron chi connectivity index (χ2n) is 6.88. The van der Waals surface area contributed by atoms with Crippen molar-refractivity contribution in [2.45, 2.75) is 33.2 Å². The Balaban J connectivity index is 2.62. The minimum absolute atomic E-state index is 0.374. The lowest BCUT2D eigenvalue weighted by Gasteiger charge is -2.39. The van der Waals surface area contributed by atoms with Gasteiger partial charge in [0.15, 0.2) is 0 Å². The molecule has 0 heterocycles. The first kappa shape index (κ1) is 17.5. The molecule has 0 fully saturated rings. The van der Waals surface area contributed by atoms with Gasteiger partial charge in [-0.25, -0.2) is 5.09 Å². The number of nitriles is 1.